The van der Waals surface area contributed by atoms with Crippen molar-refractivity contribution < 1.29 is 14.3 Å². The maximum absolute atomic E-state index is 10.8. The summed E-state index contributed by atoms with van der Waals surface area (Å²) < 4.78 is 5.11. The summed E-state index contributed by atoms with van der Waals surface area (Å²) in [6, 6.07) is 1.48. The van der Waals surface area contributed by atoms with Crippen LogP contribution in [0.3, 0.4) is 0 Å². The summed E-state index contributed by atoms with van der Waals surface area (Å²) in [5.74, 6) is -0.452. The third-order valence-electron chi connectivity index (χ3n) is 2.39. The van der Waals surface area contributed by atoms with Crippen LogP contribution in [-0.2, 0) is 6.54 Å². The normalized spacial score (nSPS) is 12.6. The number of rotatable bonds is 7. The van der Waals surface area contributed by atoms with Crippen molar-refractivity contribution >= 4 is 17.7 Å². The zero-order chi connectivity index (χ0) is 12.0. The van der Waals surface area contributed by atoms with E-state index in [0.717, 1.165) is 13.0 Å². The van der Waals surface area contributed by atoms with Gasteiger partial charge in [-0.1, -0.05) is 6.92 Å². The minimum absolute atomic E-state index is 0.241. The highest BCUT2D eigenvalue weighted by Crippen LogP contribution is 2.11. The Kier molecular flexibility index (Phi) is 5.42. The van der Waals surface area contributed by atoms with Crippen LogP contribution in [-0.4, -0.2) is 29.1 Å². The number of carbonyl (C=O) groups is 1. The van der Waals surface area contributed by atoms with Crippen LogP contribution in [0.5, 0.6) is 0 Å². The Bertz CT molecular complexity index is 338. The van der Waals surface area contributed by atoms with Crippen LogP contribution in [0.1, 0.15) is 29.5 Å². The summed E-state index contributed by atoms with van der Waals surface area (Å²) in [4.78, 5) is 10.8. The molecule has 0 bridgehead atoms. The van der Waals surface area contributed by atoms with Gasteiger partial charge in [-0.15, -0.1) is 0 Å². The Labute approximate surface area is 99.4 Å². The summed E-state index contributed by atoms with van der Waals surface area (Å²) in [6.45, 7) is 3.50. The molecule has 1 heterocycles. The smallest absolute Gasteiger partial charge is 0.339 e. The highest BCUT2D eigenvalue weighted by molar-refractivity contribution is 7.99. The van der Waals surface area contributed by atoms with E-state index in [0.29, 0.717) is 17.6 Å². The molecule has 1 aromatic heterocycles. The lowest BCUT2D eigenvalue weighted by molar-refractivity contribution is 0.0694. The van der Waals surface area contributed by atoms with E-state index in [9.17, 15) is 4.79 Å². The third-order valence-corrected chi connectivity index (χ3v) is 3.43. The molecule has 0 aromatic carbocycles. The molecule has 16 heavy (non-hydrogen) atoms. The minimum atomic E-state index is -0.942. The first-order valence-electron chi connectivity index (χ1n) is 5.18. The van der Waals surface area contributed by atoms with Crippen molar-refractivity contribution in [2.45, 2.75) is 25.1 Å². The van der Waals surface area contributed by atoms with Crippen molar-refractivity contribution in [3.05, 3.63) is 23.7 Å². The van der Waals surface area contributed by atoms with Gasteiger partial charge in [-0.3, -0.25) is 0 Å². The van der Waals surface area contributed by atoms with E-state index in [1.807, 2.05) is 11.8 Å². The molecule has 1 atom stereocenters. The largest absolute Gasteiger partial charge is 0.478 e. The van der Waals surface area contributed by atoms with Crippen LogP contribution in [0.25, 0.3) is 0 Å². The van der Waals surface area contributed by atoms with Crippen molar-refractivity contribution in [1.82, 2.24) is 5.32 Å². The van der Waals surface area contributed by atoms with Gasteiger partial charge in [0.1, 0.15) is 11.3 Å². The molecule has 1 unspecified atom stereocenters. The van der Waals surface area contributed by atoms with Gasteiger partial charge in [-0.25, -0.2) is 4.79 Å². The van der Waals surface area contributed by atoms with Gasteiger partial charge < -0.3 is 14.8 Å². The van der Waals surface area contributed by atoms with Gasteiger partial charge >= 0.3 is 5.97 Å². The molecule has 0 aliphatic rings. The van der Waals surface area contributed by atoms with Gasteiger partial charge in [0.25, 0.3) is 0 Å². The average molecular weight is 243 g/mol. The fourth-order valence-electron chi connectivity index (χ4n) is 1.29. The van der Waals surface area contributed by atoms with Crippen LogP contribution in [0.4, 0.5) is 0 Å². The maximum atomic E-state index is 10.8. The average Bonchev–Trinajstić information content (AvgIpc) is 2.72. The quantitative estimate of drug-likeness (QED) is 0.719. The Morgan fingerprint density at radius 1 is 1.69 bits per heavy atom. The van der Waals surface area contributed by atoms with E-state index in [2.05, 4.69) is 18.5 Å². The van der Waals surface area contributed by atoms with Gasteiger partial charge in [0.2, 0.25) is 0 Å². The minimum Gasteiger partial charge on any atom is -0.478 e. The summed E-state index contributed by atoms with van der Waals surface area (Å²) in [5, 5.41) is 12.6. The van der Waals surface area contributed by atoms with E-state index < -0.39 is 5.97 Å². The lowest BCUT2D eigenvalue weighted by atomic mass is 10.2. The van der Waals surface area contributed by atoms with E-state index in [4.69, 9.17) is 9.52 Å². The number of hydrogen-bond acceptors (Lipinski definition) is 4. The molecule has 1 rings (SSSR count). The molecular weight excluding hydrogens is 226 g/mol. The molecule has 0 spiro atoms. The highest BCUT2D eigenvalue weighted by atomic mass is 32.2. The van der Waals surface area contributed by atoms with E-state index >= 15 is 0 Å². The molecule has 4 nitrogen and oxygen atoms in total. The number of aromatic carboxylic acids is 1. The van der Waals surface area contributed by atoms with Crippen molar-refractivity contribution in [2.75, 3.05) is 12.8 Å². The summed E-state index contributed by atoms with van der Waals surface area (Å²) >= 11 is 1.82. The van der Waals surface area contributed by atoms with Crippen LogP contribution < -0.4 is 5.32 Å². The monoisotopic (exact) mass is 243 g/mol. The van der Waals surface area contributed by atoms with Gasteiger partial charge in [-0.2, -0.15) is 11.8 Å². The van der Waals surface area contributed by atoms with Gasteiger partial charge in [0.15, 0.2) is 0 Å². The molecule has 90 valence electrons. The number of thioether (sulfide) groups is 1. The van der Waals surface area contributed by atoms with Gasteiger partial charge in [-0.05, 0) is 25.3 Å². The van der Waals surface area contributed by atoms with Crippen LogP contribution in [0, 0.1) is 0 Å². The lowest BCUT2D eigenvalue weighted by Crippen LogP contribution is -2.18. The Balaban J connectivity index is 2.32. The second kappa shape index (κ2) is 6.60. The number of hydrogen-bond donors (Lipinski definition) is 2. The highest BCUT2D eigenvalue weighted by Gasteiger charge is 2.12. The molecule has 0 aliphatic heterocycles. The second-order valence-corrected chi connectivity index (χ2v) is 4.85. The Morgan fingerprint density at radius 3 is 3.06 bits per heavy atom. The first-order chi connectivity index (χ1) is 7.65. The predicted octanol–water partition coefficient (Wildman–Crippen LogP) is 2.21. The molecule has 2 N–H and O–H groups in total. The molecule has 5 heteroatoms. The molecule has 0 radical (unpaired) electrons. The van der Waals surface area contributed by atoms with E-state index in [1.165, 1.54) is 12.3 Å². The first kappa shape index (κ1) is 13.1. The molecular formula is C11H17NO3S. The van der Waals surface area contributed by atoms with Gasteiger partial charge in [0, 0.05) is 5.25 Å². The Morgan fingerprint density at radius 2 is 2.44 bits per heavy atom. The standard InChI is InChI=1S/C11H17NO3S/c1-8(16-2)3-5-12-7-10-9(11(13)14)4-6-15-10/h4,6,8,12H,3,5,7H2,1-2H3,(H,13,14). The number of carboxylic acids is 1. The second-order valence-electron chi connectivity index (χ2n) is 3.57. The molecule has 0 fully saturated rings. The number of furan rings is 1. The maximum Gasteiger partial charge on any atom is 0.339 e. The zero-order valence-electron chi connectivity index (χ0n) is 9.53. The lowest BCUT2D eigenvalue weighted by Gasteiger charge is -2.08. The summed E-state index contributed by atoms with van der Waals surface area (Å²) in [5.41, 5.74) is 0.241. The van der Waals surface area contributed by atoms with Crippen molar-refractivity contribution in [3.8, 4) is 0 Å². The molecule has 0 saturated heterocycles. The molecule has 0 saturated carbocycles. The van der Waals surface area contributed by atoms with E-state index in [1.54, 1.807) is 0 Å². The zero-order valence-corrected chi connectivity index (χ0v) is 10.3. The first-order valence-corrected chi connectivity index (χ1v) is 6.47. The van der Waals surface area contributed by atoms with E-state index in [-0.39, 0.29) is 5.56 Å². The number of carboxylic acid groups (broad SMARTS) is 1. The fraction of sp³-hybridized carbons (Fsp3) is 0.545. The molecule has 0 amide bonds. The van der Waals surface area contributed by atoms with Crippen LogP contribution in [0.15, 0.2) is 16.7 Å². The number of nitrogens with one attached hydrogen (secondary N) is 1. The molecule has 1 aromatic rings. The van der Waals surface area contributed by atoms with Crippen molar-refractivity contribution in [3.63, 3.8) is 0 Å². The van der Waals surface area contributed by atoms with Crippen molar-refractivity contribution in [1.29, 1.82) is 0 Å². The fourth-order valence-corrected chi connectivity index (χ4v) is 1.65. The Hall–Kier alpha value is -0.940. The summed E-state index contributed by atoms with van der Waals surface area (Å²) in [7, 11) is 0. The van der Waals surface area contributed by atoms with Crippen molar-refractivity contribution in [2.24, 2.45) is 0 Å². The SMILES string of the molecule is CSC(C)CCNCc1occc1C(=O)O. The summed E-state index contributed by atoms with van der Waals surface area (Å²) in [6.07, 6.45) is 4.55. The topological polar surface area (TPSA) is 62.5 Å². The third kappa shape index (κ3) is 3.90. The van der Waals surface area contributed by atoms with Crippen LogP contribution in [0.2, 0.25) is 0 Å². The predicted molar refractivity (Wildman–Crippen MR) is 65.0 cm³/mol. The molecule has 0 aliphatic carbocycles. The van der Waals surface area contributed by atoms with Crippen LogP contribution >= 0.6 is 11.8 Å². The van der Waals surface area contributed by atoms with Gasteiger partial charge in [0.05, 0.1) is 12.8 Å².